The van der Waals surface area contributed by atoms with Crippen LogP contribution in [0.3, 0.4) is 0 Å². The molecule has 0 aliphatic carbocycles. The Morgan fingerprint density at radius 2 is 1.53 bits per heavy atom. The predicted molar refractivity (Wildman–Crippen MR) is 78.0 cm³/mol. The van der Waals surface area contributed by atoms with E-state index in [2.05, 4.69) is 26.0 Å². The molecule has 0 heterocycles. The highest BCUT2D eigenvalue weighted by Gasteiger charge is 2.03. The standard InChI is InChI=1S/C16H19NO2/c1-11(2)12-4-6-14(7-5-12)19-16-9-13(17)8-15(10-16)18-3/h4-11H,17H2,1-3H3. The maximum Gasteiger partial charge on any atom is 0.133 e. The van der Waals surface area contributed by atoms with Crippen molar-refractivity contribution >= 4 is 5.69 Å². The van der Waals surface area contributed by atoms with Crippen LogP contribution in [0.25, 0.3) is 0 Å². The minimum absolute atomic E-state index is 0.515. The summed E-state index contributed by atoms with van der Waals surface area (Å²) in [7, 11) is 1.61. The summed E-state index contributed by atoms with van der Waals surface area (Å²) >= 11 is 0. The summed E-state index contributed by atoms with van der Waals surface area (Å²) in [4.78, 5) is 0. The number of ether oxygens (including phenoxy) is 2. The fourth-order valence-corrected chi connectivity index (χ4v) is 1.83. The van der Waals surface area contributed by atoms with Gasteiger partial charge in [-0.3, -0.25) is 0 Å². The van der Waals surface area contributed by atoms with Gasteiger partial charge in [-0.15, -0.1) is 0 Å². The lowest BCUT2D eigenvalue weighted by Gasteiger charge is -2.10. The van der Waals surface area contributed by atoms with E-state index in [4.69, 9.17) is 15.2 Å². The SMILES string of the molecule is COc1cc(N)cc(Oc2ccc(C(C)C)cc2)c1. The van der Waals surface area contributed by atoms with E-state index in [1.54, 1.807) is 19.2 Å². The molecule has 0 spiro atoms. The summed E-state index contributed by atoms with van der Waals surface area (Å²) in [6.07, 6.45) is 0. The molecule has 0 aliphatic rings. The van der Waals surface area contributed by atoms with Crippen LogP contribution in [0.5, 0.6) is 17.2 Å². The Morgan fingerprint density at radius 1 is 0.895 bits per heavy atom. The van der Waals surface area contributed by atoms with Crippen LogP contribution in [-0.4, -0.2) is 7.11 Å². The van der Waals surface area contributed by atoms with Gasteiger partial charge in [0.2, 0.25) is 0 Å². The van der Waals surface area contributed by atoms with E-state index in [1.807, 2.05) is 18.2 Å². The van der Waals surface area contributed by atoms with E-state index in [-0.39, 0.29) is 0 Å². The molecule has 0 atom stereocenters. The molecule has 3 nitrogen and oxygen atoms in total. The minimum Gasteiger partial charge on any atom is -0.497 e. The molecule has 0 aromatic heterocycles. The number of nitrogen functional groups attached to an aromatic ring is 1. The maximum atomic E-state index is 5.79. The zero-order valence-corrected chi connectivity index (χ0v) is 11.5. The van der Waals surface area contributed by atoms with Crippen LogP contribution in [0, 0.1) is 0 Å². The Bertz CT molecular complexity index is 547. The molecule has 100 valence electrons. The van der Waals surface area contributed by atoms with Crippen LogP contribution in [0.15, 0.2) is 42.5 Å². The molecule has 2 aromatic carbocycles. The number of benzene rings is 2. The number of nitrogens with two attached hydrogens (primary N) is 1. The van der Waals surface area contributed by atoms with Gasteiger partial charge in [0.15, 0.2) is 0 Å². The summed E-state index contributed by atoms with van der Waals surface area (Å²) in [5.74, 6) is 2.67. The third-order valence-corrected chi connectivity index (χ3v) is 2.92. The fraction of sp³-hybridized carbons (Fsp3) is 0.250. The van der Waals surface area contributed by atoms with Crippen LogP contribution in [0.1, 0.15) is 25.3 Å². The third kappa shape index (κ3) is 3.41. The number of anilines is 1. The van der Waals surface area contributed by atoms with Gasteiger partial charge < -0.3 is 15.2 Å². The van der Waals surface area contributed by atoms with Crippen LogP contribution < -0.4 is 15.2 Å². The van der Waals surface area contributed by atoms with Crippen molar-refractivity contribution in [2.75, 3.05) is 12.8 Å². The average Bonchev–Trinajstić information content (AvgIpc) is 2.38. The topological polar surface area (TPSA) is 44.5 Å². The second-order valence-electron chi connectivity index (χ2n) is 4.77. The van der Waals surface area contributed by atoms with Gasteiger partial charge in [-0.05, 0) is 23.6 Å². The number of rotatable bonds is 4. The van der Waals surface area contributed by atoms with E-state index >= 15 is 0 Å². The molecular weight excluding hydrogens is 238 g/mol. The van der Waals surface area contributed by atoms with Crippen LogP contribution >= 0.6 is 0 Å². The summed E-state index contributed by atoms with van der Waals surface area (Å²) in [6.45, 7) is 4.33. The van der Waals surface area contributed by atoms with Gasteiger partial charge in [-0.25, -0.2) is 0 Å². The van der Waals surface area contributed by atoms with E-state index in [0.29, 0.717) is 23.1 Å². The lowest BCUT2D eigenvalue weighted by Crippen LogP contribution is -1.92. The molecule has 0 fully saturated rings. The number of methoxy groups -OCH3 is 1. The summed E-state index contributed by atoms with van der Waals surface area (Å²) in [5.41, 5.74) is 7.70. The lowest BCUT2D eigenvalue weighted by atomic mass is 10.0. The molecule has 2 aromatic rings. The Hall–Kier alpha value is -2.16. The first-order valence-corrected chi connectivity index (χ1v) is 6.31. The Balaban J connectivity index is 2.18. The van der Waals surface area contributed by atoms with Crippen LogP contribution in [-0.2, 0) is 0 Å². The molecule has 0 bridgehead atoms. The van der Waals surface area contributed by atoms with Crippen LogP contribution in [0.4, 0.5) is 5.69 Å². The largest absolute Gasteiger partial charge is 0.497 e. The first-order chi connectivity index (χ1) is 9.08. The fourth-order valence-electron chi connectivity index (χ4n) is 1.83. The highest BCUT2D eigenvalue weighted by molar-refractivity contribution is 5.51. The highest BCUT2D eigenvalue weighted by atomic mass is 16.5. The van der Waals surface area contributed by atoms with Gasteiger partial charge >= 0.3 is 0 Å². The average molecular weight is 257 g/mol. The van der Waals surface area contributed by atoms with Crippen molar-refractivity contribution < 1.29 is 9.47 Å². The summed E-state index contributed by atoms with van der Waals surface area (Å²) in [6, 6.07) is 13.4. The molecule has 3 heteroatoms. The molecule has 2 rings (SSSR count). The van der Waals surface area contributed by atoms with E-state index in [1.165, 1.54) is 5.56 Å². The van der Waals surface area contributed by atoms with Gasteiger partial charge in [0.25, 0.3) is 0 Å². The van der Waals surface area contributed by atoms with Crippen LogP contribution in [0.2, 0.25) is 0 Å². The van der Waals surface area contributed by atoms with Crippen molar-refractivity contribution in [1.82, 2.24) is 0 Å². The van der Waals surface area contributed by atoms with Gasteiger partial charge in [0.1, 0.15) is 17.2 Å². The Kier molecular flexibility index (Phi) is 3.95. The zero-order valence-electron chi connectivity index (χ0n) is 11.5. The van der Waals surface area contributed by atoms with Crippen molar-refractivity contribution in [2.24, 2.45) is 0 Å². The second-order valence-corrected chi connectivity index (χ2v) is 4.77. The number of hydrogen-bond acceptors (Lipinski definition) is 3. The van der Waals surface area contributed by atoms with Gasteiger partial charge in [0, 0.05) is 23.9 Å². The summed E-state index contributed by atoms with van der Waals surface area (Å²) < 4.78 is 10.9. The second kappa shape index (κ2) is 5.65. The lowest BCUT2D eigenvalue weighted by molar-refractivity contribution is 0.409. The van der Waals surface area contributed by atoms with Crippen molar-refractivity contribution in [2.45, 2.75) is 19.8 Å². The first-order valence-electron chi connectivity index (χ1n) is 6.31. The smallest absolute Gasteiger partial charge is 0.133 e. The molecule has 0 saturated carbocycles. The normalized spacial score (nSPS) is 10.5. The molecule has 0 aliphatic heterocycles. The van der Waals surface area contributed by atoms with E-state index in [9.17, 15) is 0 Å². The molecule has 0 saturated heterocycles. The Morgan fingerprint density at radius 3 is 2.11 bits per heavy atom. The highest BCUT2D eigenvalue weighted by Crippen LogP contribution is 2.29. The van der Waals surface area contributed by atoms with Gasteiger partial charge in [-0.2, -0.15) is 0 Å². The third-order valence-electron chi connectivity index (χ3n) is 2.92. The number of hydrogen-bond donors (Lipinski definition) is 1. The van der Waals surface area contributed by atoms with Gasteiger partial charge in [0.05, 0.1) is 7.11 Å². The van der Waals surface area contributed by atoms with Crippen molar-refractivity contribution in [3.8, 4) is 17.2 Å². The first kappa shape index (κ1) is 13.3. The maximum absolute atomic E-state index is 5.79. The van der Waals surface area contributed by atoms with Crippen molar-refractivity contribution in [3.05, 3.63) is 48.0 Å². The molecular formula is C16H19NO2. The monoisotopic (exact) mass is 257 g/mol. The molecule has 0 radical (unpaired) electrons. The summed E-state index contributed by atoms with van der Waals surface area (Å²) in [5, 5.41) is 0. The predicted octanol–water partition coefficient (Wildman–Crippen LogP) is 4.19. The molecule has 0 amide bonds. The van der Waals surface area contributed by atoms with Crippen molar-refractivity contribution in [3.63, 3.8) is 0 Å². The molecule has 19 heavy (non-hydrogen) atoms. The van der Waals surface area contributed by atoms with Gasteiger partial charge in [-0.1, -0.05) is 26.0 Å². The quantitative estimate of drug-likeness (QED) is 0.835. The van der Waals surface area contributed by atoms with E-state index < -0.39 is 0 Å². The van der Waals surface area contributed by atoms with E-state index in [0.717, 1.165) is 5.75 Å². The minimum atomic E-state index is 0.515. The van der Waals surface area contributed by atoms with Crippen molar-refractivity contribution in [1.29, 1.82) is 0 Å². The zero-order chi connectivity index (χ0) is 13.8. The molecule has 0 unspecified atom stereocenters. The molecule has 2 N–H and O–H groups in total. The Labute approximate surface area is 114 Å².